The number of carbonyl (C=O) groups excluding carboxylic acids is 1. The van der Waals surface area contributed by atoms with Gasteiger partial charge in [0, 0.05) is 30.4 Å². The van der Waals surface area contributed by atoms with E-state index in [0.717, 1.165) is 59.7 Å². The number of nitrogens with one attached hydrogen (secondary N) is 3. The largest absolute Gasteiger partial charge is 0.488 e. The number of amides is 1. The van der Waals surface area contributed by atoms with Crippen LogP contribution >= 0.6 is 0 Å². The third-order valence-electron chi connectivity index (χ3n) is 8.74. The van der Waals surface area contributed by atoms with Crippen LogP contribution in [0.5, 0.6) is 5.75 Å². The number of benzene rings is 4. The smallest absolute Gasteiger partial charge is 0.270 e. The number of amidine groups is 1. The summed E-state index contributed by atoms with van der Waals surface area (Å²) in [5.74, 6) is 1.83. The number of H-pyrrole nitrogens is 1. The number of hydrazone groups is 1. The van der Waals surface area contributed by atoms with Gasteiger partial charge in [0.15, 0.2) is 17.4 Å². The number of hydrogen-bond acceptors (Lipinski definition) is 6. The minimum atomic E-state index is -0.740. The Morgan fingerprint density at radius 2 is 1.35 bits per heavy atom. The summed E-state index contributed by atoms with van der Waals surface area (Å²) in [5, 5.41) is 4.55. The van der Waals surface area contributed by atoms with Gasteiger partial charge in [-0.3, -0.25) is 4.79 Å². The van der Waals surface area contributed by atoms with E-state index in [4.69, 9.17) is 10.5 Å². The summed E-state index contributed by atoms with van der Waals surface area (Å²) in [4.78, 5) is 20.3. The number of aromatic amines is 1. The van der Waals surface area contributed by atoms with E-state index < -0.39 is 5.54 Å². The number of likely N-dealkylation sites (tertiary alicyclic amines) is 1. The minimum Gasteiger partial charge on any atom is -0.488 e. The maximum absolute atomic E-state index is 13.0. The Balaban J connectivity index is 1.12. The summed E-state index contributed by atoms with van der Waals surface area (Å²) in [6, 6.07) is 40.6. The molecule has 1 amide bonds. The molecule has 1 aromatic heterocycles. The van der Waals surface area contributed by atoms with E-state index in [1.54, 1.807) is 0 Å². The van der Waals surface area contributed by atoms with Gasteiger partial charge in [0.2, 0.25) is 0 Å². The SMILES string of the molecule is NC(=NNNC(c1ccccc1)(c1ccccc1)c1ccccc1)c1ccc(N2CCOc3cc(C(=O)N4CCCC4)[nH]c32)cc1. The Labute approximate surface area is 268 Å². The predicted molar refractivity (Wildman–Crippen MR) is 181 cm³/mol. The summed E-state index contributed by atoms with van der Waals surface area (Å²) in [6.07, 6.45) is 2.10. The Bertz CT molecular complexity index is 1700. The Hall–Kier alpha value is -5.54. The number of rotatable bonds is 9. The third kappa shape index (κ3) is 5.57. The summed E-state index contributed by atoms with van der Waals surface area (Å²) in [5.41, 5.74) is 17.8. The monoisotopic (exact) mass is 611 g/mol. The number of hydrogen-bond donors (Lipinski definition) is 4. The van der Waals surface area contributed by atoms with Crippen LogP contribution in [0.2, 0.25) is 0 Å². The van der Waals surface area contributed by atoms with Crippen molar-refractivity contribution in [2.45, 2.75) is 18.4 Å². The second-order valence-corrected chi connectivity index (χ2v) is 11.5. The van der Waals surface area contributed by atoms with Crippen molar-refractivity contribution in [2.24, 2.45) is 10.8 Å². The van der Waals surface area contributed by atoms with Crippen LogP contribution < -0.4 is 26.3 Å². The predicted octanol–water partition coefficient (Wildman–Crippen LogP) is 5.49. The first-order valence-electron chi connectivity index (χ1n) is 15.7. The highest BCUT2D eigenvalue weighted by Crippen LogP contribution is 2.38. The molecule has 1 saturated heterocycles. The second-order valence-electron chi connectivity index (χ2n) is 11.5. The lowest BCUT2D eigenvalue weighted by molar-refractivity contribution is 0.0787. The zero-order valence-corrected chi connectivity index (χ0v) is 25.5. The normalized spacial score (nSPS) is 14.9. The summed E-state index contributed by atoms with van der Waals surface area (Å²) < 4.78 is 5.90. The minimum absolute atomic E-state index is 0.0201. The average Bonchev–Trinajstić information content (AvgIpc) is 3.82. The lowest BCUT2D eigenvalue weighted by Crippen LogP contribution is -2.50. The highest BCUT2D eigenvalue weighted by molar-refractivity contribution is 5.98. The van der Waals surface area contributed by atoms with Gasteiger partial charge >= 0.3 is 0 Å². The van der Waals surface area contributed by atoms with E-state index in [9.17, 15) is 4.79 Å². The van der Waals surface area contributed by atoms with Gasteiger partial charge in [0.25, 0.3) is 5.91 Å². The van der Waals surface area contributed by atoms with Crippen LogP contribution in [0.1, 0.15) is 45.6 Å². The van der Waals surface area contributed by atoms with Gasteiger partial charge in [-0.1, -0.05) is 91.0 Å². The number of carbonyl (C=O) groups is 1. The lowest BCUT2D eigenvalue weighted by atomic mass is 9.77. The van der Waals surface area contributed by atoms with Crippen molar-refractivity contribution in [3.63, 3.8) is 0 Å². The molecule has 0 spiro atoms. The fraction of sp³-hybridized carbons (Fsp3) is 0.189. The standard InChI is InChI=1S/C37H37N7O2/c38-34(40-42-41-37(28-12-4-1-5-13-28,29-14-6-2-7-15-29)30-16-8-3-9-17-30)27-18-20-31(21-19-27)44-24-25-46-33-26-32(39-35(33)44)36(45)43-22-10-11-23-43/h1-9,12-21,26,39,41-42H,10-11,22-25H2,(H2,38,40). The van der Waals surface area contributed by atoms with E-state index in [-0.39, 0.29) is 5.91 Å². The molecule has 0 unspecified atom stereocenters. The van der Waals surface area contributed by atoms with Gasteiger partial charge in [-0.2, -0.15) is 0 Å². The zero-order valence-electron chi connectivity index (χ0n) is 25.5. The van der Waals surface area contributed by atoms with Crippen molar-refractivity contribution >= 4 is 23.2 Å². The molecule has 3 heterocycles. The lowest BCUT2D eigenvalue weighted by Gasteiger charge is -2.36. The highest BCUT2D eigenvalue weighted by atomic mass is 16.5. The molecule has 0 bridgehead atoms. The van der Waals surface area contributed by atoms with Gasteiger partial charge in [0.05, 0.1) is 6.54 Å². The number of ether oxygens (including phenoxy) is 1. The molecule has 5 N–H and O–H groups in total. The Morgan fingerprint density at radius 3 is 1.91 bits per heavy atom. The first-order valence-corrected chi connectivity index (χ1v) is 15.7. The maximum atomic E-state index is 13.0. The molecule has 9 nitrogen and oxygen atoms in total. The zero-order chi connectivity index (χ0) is 31.3. The van der Waals surface area contributed by atoms with Crippen LogP contribution in [-0.4, -0.2) is 47.9 Å². The molecule has 2 aliphatic heterocycles. The number of hydrazine groups is 1. The van der Waals surface area contributed by atoms with Crippen molar-refractivity contribution in [2.75, 3.05) is 31.1 Å². The number of aromatic nitrogens is 1. The van der Waals surface area contributed by atoms with E-state index >= 15 is 0 Å². The molecule has 4 aromatic carbocycles. The van der Waals surface area contributed by atoms with E-state index in [1.807, 2.05) is 89.8 Å². The van der Waals surface area contributed by atoms with Gasteiger partial charge in [-0.05, 0) is 53.8 Å². The third-order valence-corrected chi connectivity index (χ3v) is 8.74. The first kappa shape index (κ1) is 29.2. The van der Waals surface area contributed by atoms with Crippen LogP contribution in [0, 0.1) is 0 Å². The van der Waals surface area contributed by atoms with Gasteiger partial charge in [-0.15, -0.1) is 5.10 Å². The molecule has 7 rings (SSSR count). The van der Waals surface area contributed by atoms with Crippen molar-refractivity contribution in [1.82, 2.24) is 20.8 Å². The van der Waals surface area contributed by atoms with Crippen molar-refractivity contribution < 1.29 is 9.53 Å². The number of nitrogens with two attached hydrogens (primary N) is 1. The number of fused-ring (bicyclic) bond motifs is 1. The first-order chi connectivity index (χ1) is 22.6. The molecular weight excluding hydrogens is 574 g/mol. The molecule has 9 heteroatoms. The molecular formula is C37H37N7O2. The second kappa shape index (κ2) is 12.8. The van der Waals surface area contributed by atoms with Crippen LogP contribution in [0.25, 0.3) is 0 Å². The fourth-order valence-electron chi connectivity index (χ4n) is 6.39. The molecule has 2 aliphatic rings. The average molecular weight is 612 g/mol. The Morgan fingerprint density at radius 1 is 0.783 bits per heavy atom. The van der Waals surface area contributed by atoms with Crippen molar-refractivity contribution in [1.29, 1.82) is 0 Å². The molecule has 232 valence electrons. The summed E-state index contributed by atoms with van der Waals surface area (Å²) in [7, 11) is 0. The molecule has 46 heavy (non-hydrogen) atoms. The molecule has 0 aliphatic carbocycles. The van der Waals surface area contributed by atoms with Crippen LogP contribution in [0.4, 0.5) is 11.5 Å². The van der Waals surface area contributed by atoms with Gasteiger partial charge in [-0.25, -0.2) is 11.0 Å². The number of anilines is 2. The topological polar surface area (TPSA) is 111 Å². The summed E-state index contributed by atoms with van der Waals surface area (Å²) in [6.45, 7) is 2.77. The van der Waals surface area contributed by atoms with Crippen LogP contribution in [0.15, 0.2) is 126 Å². The van der Waals surface area contributed by atoms with Gasteiger partial charge < -0.3 is 25.3 Å². The van der Waals surface area contributed by atoms with E-state index in [2.05, 4.69) is 62.3 Å². The summed E-state index contributed by atoms with van der Waals surface area (Å²) >= 11 is 0. The van der Waals surface area contributed by atoms with Crippen LogP contribution in [-0.2, 0) is 5.54 Å². The highest BCUT2D eigenvalue weighted by Gasteiger charge is 2.36. The van der Waals surface area contributed by atoms with Gasteiger partial charge in [0.1, 0.15) is 17.8 Å². The van der Waals surface area contributed by atoms with Crippen molar-refractivity contribution in [3.8, 4) is 5.75 Å². The molecule has 1 fully saturated rings. The molecule has 0 atom stereocenters. The fourth-order valence-corrected chi connectivity index (χ4v) is 6.39. The van der Waals surface area contributed by atoms with E-state index in [0.29, 0.717) is 30.4 Å². The number of nitrogens with zero attached hydrogens (tertiary/aromatic N) is 3. The van der Waals surface area contributed by atoms with E-state index in [1.165, 1.54) is 0 Å². The molecule has 0 radical (unpaired) electrons. The quantitative estimate of drug-likeness (QED) is 0.0760. The molecule has 0 saturated carbocycles. The Kier molecular flexibility index (Phi) is 8.14. The maximum Gasteiger partial charge on any atom is 0.270 e. The van der Waals surface area contributed by atoms with Crippen molar-refractivity contribution in [3.05, 3.63) is 149 Å². The van der Waals surface area contributed by atoms with Crippen LogP contribution in [0.3, 0.4) is 0 Å². The molecule has 5 aromatic rings.